The molecule has 2 aliphatic rings. The fourth-order valence-corrected chi connectivity index (χ4v) is 4.65. The van der Waals surface area contributed by atoms with Crippen molar-refractivity contribution in [3.63, 3.8) is 0 Å². The second-order valence-electron chi connectivity index (χ2n) is 8.63. The molecule has 9 nitrogen and oxygen atoms in total. The zero-order valence-corrected chi connectivity index (χ0v) is 20.4. The van der Waals surface area contributed by atoms with Crippen molar-refractivity contribution in [1.29, 1.82) is 0 Å². The molecule has 0 amide bonds. The van der Waals surface area contributed by atoms with E-state index in [-0.39, 0.29) is 33.9 Å². The van der Waals surface area contributed by atoms with Crippen LogP contribution < -0.4 is 5.32 Å². The highest BCUT2D eigenvalue weighted by Gasteiger charge is 2.47. The molecule has 0 unspecified atom stereocenters. The van der Waals surface area contributed by atoms with Gasteiger partial charge in [0.15, 0.2) is 5.78 Å². The van der Waals surface area contributed by atoms with E-state index in [9.17, 15) is 24.5 Å². The average molecular weight is 491 g/mol. The minimum Gasteiger partial charge on any atom is -0.468 e. The summed E-state index contributed by atoms with van der Waals surface area (Å²) in [6.07, 6.45) is 0.559. The van der Waals surface area contributed by atoms with E-state index >= 15 is 0 Å². The van der Waals surface area contributed by atoms with E-state index in [1.165, 1.54) is 25.3 Å². The monoisotopic (exact) mass is 490 g/mol. The third-order valence-electron chi connectivity index (χ3n) is 6.35. The third kappa shape index (κ3) is 4.57. The molecule has 182 valence electrons. The summed E-state index contributed by atoms with van der Waals surface area (Å²) in [6, 6.07) is 4.15. The molecule has 0 saturated heterocycles. The highest BCUT2D eigenvalue weighted by atomic mass is 35.5. The molecule has 1 N–H and O–H groups in total. The number of esters is 2. The van der Waals surface area contributed by atoms with Crippen LogP contribution in [0.5, 0.6) is 0 Å². The van der Waals surface area contributed by atoms with Gasteiger partial charge < -0.3 is 14.8 Å². The van der Waals surface area contributed by atoms with Crippen molar-refractivity contribution in [2.24, 2.45) is 11.8 Å². The lowest BCUT2D eigenvalue weighted by Crippen LogP contribution is -2.43. The van der Waals surface area contributed by atoms with Crippen LogP contribution in [0.2, 0.25) is 5.02 Å². The van der Waals surface area contributed by atoms with Gasteiger partial charge in [0, 0.05) is 29.0 Å². The number of allylic oxidation sites excluding steroid dienone is 3. The maximum atomic E-state index is 13.7. The van der Waals surface area contributed by atoms with Crippen LogP contribution in [0.15, 0.2) is 40.7 Å². The van der Waals surface area contributed by atoms with Gasteiger partial charge in [0.25, 0.3) is 5.69 Å². The lowest BCUT2D eigenvalue weighted by molar-refractivity contribution is -0.384. The maximum Gasteiger partial charge on any atom is 0.337 e. The number of hydrogen-bond donors (Lipinski definition) is 1. The van der Waals surface area contributed by atoms with Gasteiger partial charge in [-0.05, 0) is 44.2 Å². The molecule has 0 radical (unpaired) electrons. The molecule has 0 spiro atoms. The van der Waals surface area contributed by atoms with Gasteiger partial charge >= 0.3 is 11.9 Å². The molecule has 0 aromatic heterocycles. The number of nitro benzene ring substituents is 1. The Balaban J connectivity index is 2.23. The molecule has 4 atom stereocenters. The Labute approximate surface area is 202 Å². The normalized spacial score (nSPS) is 23.1. The van der Waals surface area contributed by atoms with E-state index < -0.39 is 34.5 Å². The van der Waals surface area contributed by atoms with Gasteiger partial charge in [-0.2, -0.15) is 0 Å². The van der Waals surface area contributed by atoms with Gasteiger partial charge in [0.2, 0.25) is 0 Å². The summed E-state index contributed by atoms with van der Waals surface area (Å²) in [5.74, 6) is -4.17. The van der Waals surface area contributed by atoms with Crippen molar-refractivity contribution in [2.45, 2.75) is 52.6 Å². The van der Waals surface area contributed by atoms with E-state index in [1.54, 1.807) is 20.8 Å². The molecule has 3 rings (SSSR count). The molecule has 1 aliphatic heterocycles. The van der Waals surface area contributed by atoms with Crippen molar-refractivity contribution >= 4 is 35.0 Å². The van der Waals surface area contributed by atoms with Gasteiger partial charge in [-0.3, -0.25) is 19.7 Å². The molecule has 0 saturated carbocycles. The average Bonchev–Trinajstić information content (AvgIpc) is 2.77. The standard InChI is InChI=1S/C24H27ClN2O7/c1-6-12(3)34-24(30)19-13(4)26-16-9-11(2)18(23(29)33-5)22(28)21(16)20(19)14-7-8-15(25)17(10-14)27(31)32/h7-8,10-12,18,20,26H,6,9H2,1-5H3/t11-,12-,18+,20+/m0/s1. The first-order valence-electron chi connectivity index (χ1n) is 11.0. The molecule has 0 bridgehead atoms. The van der Waals surface area contributed by atoms with E-state index in [1.807, 2.05) is 6.92 Å². The number of ketones is 1. The molecule has 1 aliphatic carbocycles. The number of nitro groups is 1. The molecular formula is C24H27ClN2O7. The summed E-state index contributed by atoms with van der Waals surface area (Å²) in [6.45, 7) is 7.08. The summed E-state index contributed by atoms with van der Waals surface area (Å²) in [7, 11) is 1.21. The van der Waals surface area contributed by atoms with Crippen LogP contribution in [-0.4, -0.2) is 35.9 Å². The molecule has 1 aromatic rings. The largest absolute Gasteiger partial charge is 0.468 e. The number of benzene rings is 1. The highest BCUT2D eigenvalue weighted by Crippen LogP contribution is 2.46. The van der Waals surface area contributed by atoms with Crippen LogP contribution in [0.1, 0.15) is 52.0 Å². The Kier molecular flexibility index (Phi) is 7.45. The Morgan fingerprint density at radius 3 is 2.62 bits per heavy atom. The van der Waals surface area contributed by atoms with Crippen molar-refractivity contribution in [1.82, 2.24) is 5.32 Å². The lowest BCUT2D eigenvalue weighted by Gasteiger charge is -2.38. The first kappa shape index (κ1) is 25.4. The number of rotatable bonds is 6. The molecule has 1 aromatic carbocycles. The van der Waals surface area contributed by atoms with Crippen LogP contribution in [-0.2, 0) is 23.9 Å². The van der Waals surface area contributed by atoms with E-state index in [4.69, 9.17) is 21.1 Å². The third-order valence-corrected chi connectivity index (χ3v) is 6.67. The Hall–Kier alpha value is -3.20. The molecular weight excluding hydrogens is 464 g/mol. The number of dihydropyridines is 1. The number of hydrogen-bond acceptors (Lipinski definition) is 8. The first-order chi connectivity index (χ1) is 16.0. The van der Waals surface area contributed by atoms with Crippen LogP contribution in [0.3, 0.4) is 0 Å². The van der Waals surface area contributed by atoms with Gasteiger partial charge in [-0.25, -0.2) is 4.79 Å². The summed E-state index contributed by atoms with van der Waals surface area (Å²) < 4.78 is 10.4. The highest BCUT2D eigenvalue weighted by molar-refractivity contribution is 6.32. The van der Waals surface area contributed by atoms with Crippen LogP contribution >= 0.6 is 11.6 Å². The first-order valence-corrected chi connectivity index (χ1v) is 11.4. The van der Waals surface area contributed by atoms with E-state index in [2.05, 4.69) is 5.32 Å². The van der Waals surface area contributed by atoms with Crippen LogP contribution in [0, 0.1) is 22.0 Å². The number of carbonyl (C=O) groups excluding carboxylic acids is 3. The zero-order chi connectivity index (χ0) is 25.3. The fourth-order valence-electron chi connectivity index (χ4n) is 4.46. The number of ether oxygens (including phenoxy) is 2. The Bertz CT molecular complexity index is 1120. The summed E-state index contributed by atoms with van der Waals surface area (Å²) in [5, 5.41) is 14.6. The van der Waals surface area contributed by atoms with Gasteiger partial charge in [-0.15, -0.1) is 0 Å². The molecule has 34 heavy (non-hydrogen) atoms. The van der Waals surface area contributed by atoms with Gasteiger partial charge in [0.1, 0.15) is 10.9 Å². The van der Waals surface area contributed by atoms with Crippen molar-refractivity contribution in [2.75, 3.05) is 7.11 Å². The van der Waals surface area contributed by atoms with Crippen LogP contribution in [0.4, 0.5) is 5.69 Å². The number of nitrogens with zero attached hydrogens (tertiary/aromatic N) is 1. The molecule has 1 heterocycles. The second kappa shape index (κ2) is 9.97. The number of Topliss-reactive ketones (excluding diaryl/α,β-unsaturated/α-hetero) is 1. The topological polar surface area (TPSA) is 125 Å². The zero-order valence-electron chi connectivity index (χ0n) is 19.6. The fraction of sp³-hybridized carbons (Fsp3) is 0.458. The van der Waals surface area contributed by atoms with Gasteiger partial charge in [0.05, 0.1) is 23.7 Å². The number of nitrogens with one attached hydrogen (secondary N) is 1. The predicted molar refractivity (Wildman–Crippen MR) is 124 cm³/mol. The van der Waals surface area contributed by atoms with Crippen molar-refractivity contribution in [3.8, 4) is 0 Å². The predicted octanol–water partition coefficient (Wildman–Crippen LogP) is 4.20. The second-order valence-corrected chi connectivity index (χ2v) is 9.03. The Morgan fingerprint density at radius 2 is 2.03 bits per heavy atom. The number of methoxy groups -OCH3 is 1. The SMILES string of the molecule is CC[C@H](C)OC(=O)C1=C(C)NC2=C(C(=O)[C@H](C(=O)OC)[C@@H](C)C2)[C@@H]1c1ccc(Cl)c([N+](=O)[O-])c1. The summed E-state index contributed by atoms with van der Waals surface area (Å²) in [5.41, 5.74) is 1.37. The number of carbonyl (C=O) groups is 3. The minimum absolute atomic E-state index is 0.0719. The molecule has 10 heteroatoms. The Morgan fingerprint density at radius 1 is 1.35 bits per heavy atom. The van der Waals surface area contributed by atoms with Gasteiger partial charge in [-0.1, -0.05) is 31.5 Å². The van der Waals surface area contributed by atoms with Crippen molar-refractivity contribution in [3.05, 3.63) is 61.4 Å². The van der Waals surface area contributed by atoms with E-state index in [0.717, 1.165) is 0 Å². The minimum atomic E-state index is -1.06. The van der Waals surface area contributed by atoms with Crippen molar-refractivity contribution < 1.29 is 28.8 Å². The lowest BCUT2D eigenvalue weighted by atomic mass is 9.69. The van der Waals surface area contributed by atoms with E-state index in [0.29, 0.717) is 29.8 Å². The van der Waals surface area contributed by atoms with Crippen LogP contribution in [0.25, 0.3) is 0 Å². The number of halogens is 1. The molecule has 0 fully saturated rings. The maximum absolute atomic E-state index is 13.7. The summed E-state index contributed by atoms with van der Waals surface area (Å²) in [4.78, 5) is 50.3. The quantitative estimate of drug-likeness (QED) is 0.272. The summed E-state index contributed by atoms with van der Waals surface area (Å²) >= 11 is 6.02. The smallest absolute Gasteiger partial charge is 0.337 e.